The van der Waals surface area contributed by atoms with Crippen molar-refractivity contribution in [1.29, 1.82) is 0 Å². The van der Waals surface area contributed by atoms with E-state index in [9.17, 15) is 9.59 Å². The zero-order valence-corrected chi connectivity index (χ0v) is 9.51. The number of hydrogen-bond donors (Lipinski definition) is 2. The van der Waals surface area contributed by atoms with Crippen molar-refractivity contribution in [3.63, 3.8) is 0 Å². The quantitative estimate of drug-likeness (QED) is 0.723. The highest BCUT2D eigenvalue weighted by atomic mass is 16.5. The Balaban J connectivity index is 2.85. The van der Waals surface area contributed by atoms with Crippen molar-refractivity contribution in [1.82, 2.24) is 9.97 Å². The second-order valence-electron chi connectivity index (χ2n) is 3.20. The van der Waals surface area contributed by atoms with Gasteiger partial charge in [-0.1, -0.05) is 6.92 Å². The Bertz CT molecular complexity index is 422. The van der Waals surface area contributed by atoms with Crippen LogP contribution >= 0.6 is 0 Å². The van der Waals surface area contributed by atoms with Gasteiger partial charge in [0.15, 0.2) is 0 Å². The molecule has 0 aliphatic heterocycles. The van der Waals surface area contributed by atoms with Crippen LogP contribution in [0, 0.1) is 0 Å². The second kappa shape index (κ2) is 5.78. The number of ether oxygens (including phenoxy) is 1. The minimum Gasteiger partial charge on any atom is -0.480 e. The van der Waals surface area contributed by atoms with Gasteiger partial charge in [0.05, 0.1) is 7.11 Å². The van der Waals surface area contributed by atoms with Crippen LogP contribution in [-0.4, -0.2) is 40.2 Å². The summed E-state index contributed by atoms with van der Waals surface area (Å²) in [5.41, 5.74) is 0. The molecule has 92 valence electrons. The van der Waals surface area contributed by atoms with Gasteiger partial charge < -0.3 is 15.2 Å². The Morgan fingerprint density at radius 1 is 1.59 bits per heavy atom. The number of carboxylic acid groups (broad SMARTS) is 1. The predicted octanol–water partition coefficient (Wildman–Crippen LogP) is 0.538. The SMILES string of the molecule is CCC(Nc1ccnc(C(=O)OC)n1)C(=O)O. The first-order chi connectivity index (χ1) is 8.08. The number of nitrogens with one attached hydrogen (secondary N) is 1. The molecule has 1 aromatic rings. The number of anilines is 1. The third kappa shape index (κ3) is 3.40. The van der Waals surface area contributed by atoms with Gasteiger partial charge >= 0.3 is 11.9 Å². The molecule has 0 saturated carbocycles. The molecule has 0 aliphatic carbocycles. The molecule has 0 radical (unpaired) electrons. The molecule has 0 saturated heterocycles. The molecule has 1 atom stereocenters. The van der Waals surface area contributed by atoms with Crippen LogP contribution in [-0.2, 0) is 9.53 Å². The van der Waals surface area contributed by atoms with Gasteiger partial charge in [-0.3, -0.25) is 0 Å². The molecule has 7 heteroatoms. The molecule has 1 rings (SSSR count). The topological polar surface area (TPSA) is 101 Å². The van der Waals surface area contributed by atoms with Gasteiger partial charge in [0.2, 0.25) is 5.82 Å². The summed E-state index contributed by atoms with van der Waals surface area (Å²) in [7, 11) is 1.22. The summed E-state index contributed by atoms with van der Waals surface area (Å²) in [6, 6.07) is 0.730. The number of rotatable bonds is 5. The van der Waals surface area contributed by atoms with Crippen molar-refractivity contribution in [2.45, 2.75) is 19.4 Å². The lowest BCUT2D eigenvalue weighted by Gasteiger charge is -2.12. The number of methoxy groups -OCH3 is 1. The molecule has 1 aromatic heterocycles. The normalized spacial score (nSPS) is 11.6. The summed E-state index contributed by atoms with van der Waals surface area (Å²) in [5, 5.41) is 11.6. The zero-order valence-electron chi connectivity index (χ0n) is 9.51. The van der Waals surface area contributed by atoms with Crippen LogP contribution < -0.4 is 5.32 Å². The molecule has 0 aliphatic rings. The molecule has 0 fully saturated rings. The number of carbonyl (C=O) groups is 2. The van der Waals surface area contributed by atoms with E-state index in [0.29, 0.717) is 6.42 Å². The zero-order chi connectivity index (χ0) is 12.8. The molecular formula is C10H13N3O4. The fourth-order valence-electron chi connectivity index (χ4n) is 1.15. The Morgan fingerprint density at radius 2 is 2.29 bits per heavy atom. The molecule has 2 N–H and O–H groups in total. The molecule has 1 unspecified atom stereocenters. The van der Waals surface area contributed by atoms with Gasteiger partial charge in [-0.25, -0.2) is 19.6 Å². The van der Waals surface area contributed by atoms with Crippen LogP contribution in [0.25, 0.3) is 0 Å². The lowest BCUT2D eigenvalue weighted by atomic mass is 10.2. The number of nitrogens with zero attached hydrogens (tertiary/aromatic N) is 2. The Morgan fingerprint density at radius 3 is 2.82 bits per heavy atom. The van der Waals surface area contributed by atoms with Crippen LogP contribution in [0.4, 0.5) is 5.82 Å². The molecule has 0 bridgehead atoms. The number of carboxylic acids is 1. The van der Waals surface area contributed by atoms with Gasteiger partial charge in [0.25, 0.3) is 0 Å². The molecule has 17 heavy (non-hydrogen) atoms. The summed E-state index contributed by atoms with van der Waals surface area (Å²) in [6.07, 6.45) is 1.75. The average Bonchev–Trinajstić information content (AvgIpc) is 2.34. The standard InChI is InChI=1S/C10H13N3O4/c1-3-6(9(14)15)12-7-4-5-11-8(13-7)10(16)17-2/h4-6H,3H2,1-2H3,(H,14,15)(H,11,12,13). The molecule has 0 aromatic carbocycles. The number of esters is 1. The highest BCUT2D eigenvalue weighted by Gasteiger charge is 2.16. The van der Waals surface area contributed by atoms with E-state index in [2.05, 4.69) is 20.0 Å². The smallest absolute Gasteiger partial charge is 0.376 e. The lowest BCUT2D eigenvalue weighted by Crippen LogP contribution is -2.29. The maximum absolute atomic E-state index is 11.2. The Hall–Kier alpha value is -2.18. The summed E-state index contributed by atoms with van der Waals surface area (Å²) in [5.74, 6) is -1.49. The van der Waals surface area contributed by atoms with Crippen LogP contribution in [0.2, 0.25) is 0 Å². The minimum absolute atomic E-state index is 0.113. The van der Waals surface area contributed by atoms with Crippen molar-refractivity contribution in [2.75, 3.05) is 12.4 Å². The number of carbonyl (C=O) groups excluding carboxylic acids is 1. The van der Waals surface area contributed by atoms with Gasteiger partial charge in [-0.15, -0.1) is 0 Å². The lowest BCUT2D eigenvalue weighted by molar-refractivity contribution is -0.137. The van der Waals surface area contributed by atoms with E-state index in [4.69, 9.17) is 5.11 Å². The van der Waals surface area contributed by atoms with Crippen LogP contribution in [0.1, 0.15) is 24.0 Å². The minimum atomic E-state index is -0.981. The third-order valence-corrected chi connectivity index (χ3v) is 2.05. The van der Waals surface area contributed by atoms with Gasteiger partial charge in [-0.2, -0.15) is 0 Å². The number of aliphatic carboxylic acids is 1. The Labute approximate surface area is 97.8 Å². The maximum Gasteiger partial charge on any atom is 0.376 e. The molecule has 7 nitrogen and oxygen atoms in total. The van der Waals surface area contributed by atoms with E-state index in [1.807, 2.05) is 0 Å². The average molecular weight is 239 g/mol. The van der Waals surface area contributed by atoms with E-state index in [1.54, 1.807) is 6.92 Å². The molecule has 0 spiro atoms. The summed E-state index contributed by atoms with van der Waals surface area (Å²) in [6.45, 7) is 1.73. The molecule has 1 heterocycles. The van der Waals surface area contributed by atoms with Crippen molar-refractivity contribution >= 4 is 17.8 Å². The summed E-state index contributed by atoms with van der Waals surface area (Å²) >= 11 is 0. The maximum atomic E-state index is 11.2. The largest absolute Gasteiger partial charge is 0.480 e. The first-order valence-electron chi connectivity index (χ1n) is 4.99. The first-order valence-corrected chi connectivity index (χ1v) is 4.99. The second-order valence-corrected chi connectivity index (χ2v) is 3.20. The van der Waals surface area contributed by atoms with Crippen LogP contribution in [0.3, 0.4) is 0 Å². The summed E-state index contributed by atoms with van der Waals surface area (Å²) < 4.78 is 4.46. The molecular weight excluding hydrogens is 226 g/mol. The highest BCUT2D eigenvalue weighted by Crippen LogP contribution is 2.07. The van der Waals surface area contributed by atoms with Crippen molar-refractivity contribution in [3.8, 4) is 0 Å². The van der Waals surface area contributed by atoms with Gasteiger partial charge in [-0.05, 0) is 12.5 Å². The third-order valence-electron chi connectivity index (χ3n) is 2.05. The van der Waals surface area contributed by atoms with Crippen LogP contribution in [0.15, 0.2) is 12.3 Å². The Kier molecular flexibility index (Phi) is 4.38. The van der Waals surface area contributed by atoms with E-state index < -0.39 is 18.0 Å². The van der Waals surface area contributed by atoms with Crippen LogP contribution in [0.5, 0.6) is 0 Å². The van der Waals surface area contributed by atoms with Crippen molar-refractivity contribution in [3.05, 3.63) is 18.1 Å². The molecule has 0 amide bonds. The first kappa shape index (κ1) is 12.9. The summed E-state index contributed by atoms with van der Waals surface area (Å²) in [4.78, 5) is 29.5. The van der Waals surface area contributed by atoms with Gasteiger partial charge in [0, 0.05) is 6.20 Å². The number of aromatic nitrogens is 2. The highest BCUT2D eigenvalue weighted by molar-refractivity contribution is 5.85. The number of hydrogen-bond acceptors (Lipinski definition) is 6. The van der Waals surface area contributed by atoms with E-state index in [-0.39, 0.29) is 11.6 Å². The van der Waals surface area contributed by atoms with E-state index in [1.165, 1.54) is 19.4 Å². The monoisotopic (exact) mass is 239 g/mol. The predicted molar refractivity (Wildman–Crippen MR) is 58.7 cm³/mol. The van der Waals surface area contributed by atoms with E-state index in [0.717, 1.165) is 0 Å². The van der Waals surface area contributed by atoms with E-state index >= 15 is 0 Å². The van der Waals surface area contributed by atoms with Crippen molar-refractivity contribution < 1.29 is 19.4 Å². The fourth-order valence-corrected chi connectivity index (χ4v) is 1.15. The van der Waals surface area contributed by atoms with Crippen molar-refractivity contribution in [2.24, 2.45) is 0 Å². The van der Waals surface area contributed by atoms with Gasteiger partial charge in [0.1, 0.15) is 11.9 Å². The fraction of sp³-hybridized carbons (Fsp3) is 0.400.